The van der Waals surface area contributed by atoms with Crippen molar-refractivity contribution in [2.45, 2.75) is 32.4 Å². The average Bonchev–Trinajstić information content (AvgIpc) is 2.21. The van der Waals surface area contributed by atoms with Crippen LogP contribution < -0.4 is 5.32 Å². The summed E-state index contributed by atoms with van der Waals surface area (Å²) in [6.45, 7) is 3.99. The molecule has 2 unspecified atom stereocenters. The van der Waals surface area contributed by atoms with Gasteiger partial charge in [-0.15, -0.1) is 0 Å². The van der Waals surface area contributed by atoms with Gasteiger partial charge in [-0.3, -0.25) is 0 Å². The molecule has 1 saturated carbocycles. The number of halogens is 2. The highest BCUT2D eigenvalue weighted by Gasteiger charge is 2.47. The van der Waals surface area contributed by atoms with Gasteiger partial charge in [-0.1, -0.05) is 25.4 Å². The summed E-state index contributed by atoms with van der Waals surface area (Å²) < 4.78 is 12.8. The van der Waals surface area contributed by atoms with Gasteiger partial charge >= 0.3 is 0 Å². The highest BCUT2D eigenvalue weighted by atomic mass is 35.5. The van der Waals surface area contributed by atoms with E-state index in [4.69, 9.17) is 11.6 Å². The van der Waals surface area contributed by atoms with Gasteiger partial charge in [0.1, 0.15) is 5.82 Å². The van der Waals surface area contributed by atoms with Gasteiger partial charge in [0.2, 0.25) is 0 Å². The van der Waals surface area contributed by atoms with Crippen LogP contribution in [-0.4, -0.2) is 17.3 Å². The van der Waals surface area contributed by atoms with E-state index in [9.17, 15) is 9.50 Å². The maximum Gasteiger partial charge on any atom is 0.124 e. The number of aliphatic hydroxyl groups is 1. The molecular formula is C12H15ClFNO. The molecule has 0 aliphatic heterocycles. The van der Waals surface area contributed by atoms with E-state index >= 15 is 0 Å². The first-order valence-electron chi connectivity index (χ1n) is 5.31. The van der Waals surface area contributed by atoms with E-state index in [0.717, 1.165) is 0 Å². The minimum atomic E-state index is -0.344. The van der Waals surface area contributed by atoms with Crippen LogP contribution in [0.1, 0.15) is 20.3 Å². The second-order valence-electron chi connectivity index (χ2n) is 4.89. The Bertz CT molecular complexity index is 408. The van der Waals surface area contributed by atoms with Crippen LogP contribution in [0.4, 0.5) is 10.1 Å². The molecule has 4 heteroatoms. The van der Waals surface area contributed by atoms with E-state index in [1.54, 1.807) is 6.07 Å². The Morgan fingerprint density at radius 2 is 2.19 bits per heavy atom. The predicted molar refractivity (Wildman–Crippen MR) is 63.2 cm³/mol. The SMILES string of the molecule is CC1(C)C(O)CC1Nc1ccc(F)cc1Cl. The van der Waals surface area contributed by atoms with Crippen molar-refractivity contribution in [1.82, 2.24) is 0 Å². The third-order valence-electron chi connectivity index (χ3n) is 3.48. The number of rotatable bonds is 2. The van der Waals surface area contributed by atoms with Crippen LogP contribution in [0.5, 0.6) is 0 Å². The van der Waals surface area contributed by atoms with Crippen molar-refractivity contribution in [3.8, 4) is 0 Å². The van der Waals surface area contributed by atoms with Gasteiger partial charge in [-0.05, 0) is 24.6 Å². The first-order valence-corrected chi connectivity index (χ1v) is 5.68. The summed E-state index contributed by atoms with van der Waals surface area (Å²) in [4.78, 5) is 0. The van der Waals surface area contributed by atoms with Crippen molar-refractivity contribution >= 4 is 17.3 Å². The standard InChI is InChI=1S/C12H15ClFNO/c1-12(2)10(6-11(12)16)15-9-4-3-7(14)5-8(9)13/h3-5,10-11,15-16H,6H2,1-2H3. The molecule has 0 radical (unpaired) electrons. The molecule has 1 fully saturated rings. The quantitative estimate of drug-likeness (QED) is 0.837. The van der Waals surface area contributed by atoms with E-state index in [-0.39, 0.29) is 23.4 Å². The summed E-state index contributed by atoms with van der Waals surface area (Å²) in [5.74, 6) is -0.344. The van der Waals surface area contributed by atoms with E-state index in [1.165, 1.54) is 12.1 Å². The molecule has 88 valence electrons. The molecule has 1 aliphatic carbocycles. The molecule has 0 bridgehead atoms. The van der Waals surface area contributed by atoms with Gasteiger partial charge in [0, 0.05) is 11.5 Å². The second-order valence-corrected chi connectivity index (χ2v) is 5.30. The average molecular weight is 244 g/mol. The van der Waals surface area contributed by atoms with Gasteiger partial charge in [0.05, 0.1) is 16.8 Å². The molecule has 0 spiro atoms. The molecule has 0 amide bonds. The fraction of sp³-hybridized carbons (Fsp3) is 0.500. The van der Waals surface area contributed by atoms with Crippen molar-refractivity contribution in [2.75, 3.05) is 5.32 Å². The Kier molecular flexibility index (Phi) is 2.84. The van der Waals surface area contributed by atoms with Crippen molar-refractivity contribution in [1.29, 1.82) is 0 Å². The Morgan fingerprint density at radius 1 is 1.50 bits per heavy atom. The normalized spacial score (nSPS) is 27.3. The van der Waals surface area contributed by atoms with E-state index < -0.39 is 0 Å². The highest BCUT2D eigenvalue weighted by Crippen LogP contribution is 2.42. The van der Waals surface area contributed by atoms with Crippen LogP contribution in [0, 0.1) is 11.2 Å². The summed E-state index contributed by atoms with van der Waals surface area (Å²) in [5, 5.41) is 13.2. The lowest BCUT2D eigenvalue weighted by Crippen LogP contribution is -2.56. The maximum absolute atomic E-state index is 12.8. The van der Waals surface area contributed by atoms with Gasteiger partial charge in [0.25, 0.3) is 0 Å². The lowest BCUT2D eigenvalue weighted by molar-refractivity contribution is -0.0510. The van der Waals surface area contributed by atoms with Gasteiger partial charge in [0.15, 0.2) is 0 Å². The van der Waals surface area contributed by atoms with Crippen molar-refractivity contribution in [3.05, 3.63) is 29.0 Å². The largest absolute Gasteiger partial charge is 0.392 e. The molecule has 0 aromatic heterocycles. The molecule has 2 rings (SSSR count). The molecule has 2 nitrogen and oxygen atoms in total. The van der Waals surface area contributed by atoms with E-state index in [0.29, 0.717) is 17.1 Å². The van der Waals surface area contributed by atoms with Crippen LogP contribution in [-0.2, 0) is 0 Å². The monoisotopic (exact) mass is 243 g/mol. The number of anilines is 1. The van der Waals surface area contributed by atoms with E-state index in [1.807, 2.05) is 13.8 Å². The molecule has 1 aromatic carbocycles. The third kappa shape index (κ3) is 1.89. The van der Waals surface area contributed by atoms with Crippen molar-refractivity contribution in [2.24, 2.45) is 5.41 Å². The number of benzene rings is 1. The molecular weight excluding hydrogens is 229 g/mol. The van der Waals surface area contributed by atoms with Gasteiger partial charge in [-0.2, -0.15) is 0 Å². The Balaban J connectivity index is 2.11. The van der Waals surface area contributed by atoms with Crippen LogP contribution in [0.15, 0.2) is 18.2 Å². The minimum absolute atomic E-state index is 0.169. The zero-order chi connectivity index (χ0) is 11.9. The van der Waals surface area contributed by atoms with Gasteiger partial charge in [-0.25, -0.2) is 4.39 Å². The molecule has 2 N–H and O–H groups in total. The number of hydrogen-bond donors (Lipinski definition) is 2. The molecule has 1 aromatic rings. The Hall–Kier alpha value is -0.800. The number of nitrogens with one attached hydrogen (secondary N) is 1. The summed E-state index contributed by atoms with van der Waals surface area (Å²) >= 11 is 5.92. The lowest BCUT2D eigenvalue weighted by atomic mass is 9.64. The minimum Gasteiger partial charge on any atom is -0.392 e. The first kappa shape index (κ1) is 11.7. The smallest absolute Gasteiger partial charge is 0.124 e. The third-order valence-corrected chi connectivity index (χ3v) is 3.79. The molecule has 1 aliphatic rings. The molecule has 0 heterocycles. The summed E-state index contributed by atoms with van der Waals surface area (Å²) in [5.41, 5.74) is 0.547. The zero-order valence-electron chi connectivity index (χ0n) is 9.30. The van der Waals surface area contributed by atoms with Crippen LogP contribution in [0.2, 0.25) is 5.02 Å². The summed E-state index contributed by atoms with van der Waals surface area (Å²) in [6.07, 6.45) is 0.407. The summed E-state index contributed by atoms with van der Waals surface area (Å²) in [6, 6.07) is 4.45. The fourth-order valence-corrected chi connectivity index (χ4v) is 2.16. The maximum atomic E-state index is 12.8. The van der Waals surface area contributed by atoms with Crippen LogP contribution in [0.3, 0.4) is 0 Å². The second kappa shape index (κ2) is 3.90. The Labute approximate surface area is 99.4 Å². The highest BCUT2D eigenvalue weighted by molar-refractivity contribution is 6.33. The topological polar surface area (TPSA) is 32.3 Å². The molecule has 2 atom stereocenters. The van der Waals surface area contributed by atoms with E-state index in [2.05, 4.69) is 5.32 Å². The first-order chi connectivity index (χ1) is 7.41. The zero-order valence-corrected chi connectivity index (χ0v) is 10.1. The van der Waals surface area contributed by atoms with Crippen LogP contribution >= 0.6 is 11.6 Å². The molecule has 0 saturated heterocycles. The lowest BCUT2D eigenvalue weighted by Gasteiger charge is -2.50. The van der Waals surface area contributed by atoms with Crippen LogP contribution in [0.25, 0.3) is 0 Å². The van der Waals surface area contributed by atoms with Crippen molar-refractivity contribution in [3.63, 3.8) is 0 Å². The summed E-state index contributed by atoms with van der Waals surface area (Å²) in [7, 11) is 0. The van der Waals surface area contributed by atoms with Gasteiger partial charge < -0.3 is 10.4 Å². The van der Waals surface area contributed by atoms with Crippen molar-refractivity contribution < 1.29 is 9.50 Å². The number of aliphatic hydroxyl groups excluding tert-OH is 1. The fourth-order valence-electron chi connectivity index (χ4n) is 1.94. The Morgan fingerprint density at radius 3 is 2.69 bits per heavy atom. The number of hydrogen-bond acceptors (Lipinski definition) is 2. The molecule has 16 heavy (non-hydrogen) atoms. The predicted octanol–water partition coefficient (Wildman–Crippen LogP) is 3.05.